The summed E-state index contributed by atoms with van der Waals surface area (Å²) in [4.78, 5) is 1.62. The van der Waals surface area contributed by atoms with Crippen LogP contribution in [0.3, 0.4) is 0 Å². The van der Waals surface area contributed by atoms with E-state index < -0.39 is 9.84 Å². The first-order valence-corrected chi connectivity index (χ1v) is 8.72. The second-order valence-corrected chi connectivity index (χ2v) is 7.30. The van der Waals surface area contributed by atoms with E-state index in [1.165, 1.54) is 12.3 Å². The number of hydrogen-bond donors (Lipinski definition) is 1. The molecule has 0 aliphatic rings. The Hall–Kier alpha value is -1.14. The maximum atomic E-state index is 14.1. The van der Waals surface area contributed by atoms with Crippen LogP contribution in [0.5, 0.6) is 0 Å². The zero-order chi connectivity index (χ0) is 15.3. The lowest BCUT2D eigenvalue weighted by Gasteiger charge is -2.21. The van der Waals surface area contributed by atoms with E-state index in [4.69, 9.17) is 0 Å². The zero-order valence-corrected chi connectivity index (χ0v) is 13.3. The van der Waals surface area contributed by atoms with Crippen LogP contribution in [0.25, 0.3) is 0 Å². The summed E-state index contributed by atoms with van der Waals surface area (Å²) in [5, 5.41) is 3.22. The lowest BCUT2D eigenvalue weighted by molar-refractivity contribution is 0.581. The molecule has 4 nitrogen and oxygen atoms in total. The Kier molecular flexibility index (Phi) is 5.95. The molecular formula is C14H23FN2O2S. The highest BCUT2D eigenvalue weighted by Crippen LogP contribution is 2.22. The summed E-state index contributed by atoms with van der Waals surface area (Å²) in [6, 6.07) is 5.15. The van der Waals surface area contributed by atoms with Crippen molar-refractivity contribution in [1.29, 1.82) is 0 Å². The smallest absolute Gasteiger partial charge is 0.149 e. The molecule has 20 heavy (non-hydrogen) atoms. The summed E-state index contributed by atoms with van der Waals surface area (Å²) in [5.41, 5.74) is 1.30. The van der Waals surface area contributed by atoms with Crippen LogP contribution in [0.1, 0.15) is 25.5 Å². The van der Waals surface area contributed by atoms with E-state index >= 15 is 0 Å². The van der Waals surface area contributed by atoms with Crippen molar-refractivity contribution >= 4 is 15.5 Å². The number of hydrogen-bond acceptors (Lipinski definition) is 4. The summed E-state index contributed by atoms with van der Waals surface area (Å²) < 4.78 is 36.4. The second-order valence-electron chi connectivity index (χ2n) is 5.04. The molecule has 0 amide bonds. The third kappa shape index (κ3) is 5.09. The molecule has 114 valence electrons. The van der Waals surface area contributed by atoms with Crippen LogP contribution in [0.2, 0.25) is 0 Å². The lowest BCUT2D eigenvalue weighted by atomic mass is 10.1. The summed E-state index contributed by atoms with van der Waals surface area (Å²) >= 11 is 0. The quantitative estimate of drug-likeness (QED) is 0.837. The molecule has 0 bridgehead atoms. The van der Waals surface area contributed by atoms with E-state index in [9.17, 15) is 12.8 Å². The Morgan fingerprint density at radius 1 is 1.40 bits per heavy atom. The number of sulfone groups is 1. The summed E-state index contributed by atoms with van der Waals surface area (Å²) in [6.45, 7) is 5.07. The molecule has 1 atom stereocenters. The molecule has 0 aliphatic carbocycles. The third-order valence-electron chi connectivity index (χ3n) is 3.19. The second kappa shape index (κ2) is 7.04. The van der Waals surface area contributed by atoms with Gasteiger partial charge in [-0.05, 0) is 31.2 Å². The Morgan fingerprint density at radius 2 is 2.05 bits per heavy atom. The van der Waals surface area contributed by atoms with Crippen LogP contribution >= 0.6 is 0 Å². The van der Waals surface area contributed by atoms with Crippen molar-refractivity contribution in [2.45, 2.75) is 19.9 Å². The molecule has 0 radical (unpaired) electrons. The van der Waals surface area contributed by atoms with Crippen molar-refractivity contribution in [2.24, 2.45) is 0 Å². The summed E-state index contributed by atoms with van der Waals surface area (Å²) in [7, 11) is -1.35. The molecule has 0 fully saturated rings. The minimum Gasteiger partial charge on any atom is -0.371 e. The van der Waals surface area contributed by atoms with Crippen molar-refractivity contribution in [1.82, 2.24) is 5.32 Å². The molecule has 1 N–H and O–H groups in total. The van der Waals surface area contributed by atoms with Gasteiger partial charge in [-0.2, -0.15) is 0 Å². The molecule has 0 aliphatic heterocycles. The lowest BCUT2D eigenvalue weighted by Crippen LogP contribution is -2.26. The number of anilines is 1. The monoisotopic (exact) mass is 302 g/mol. The largest absolute Gasteiger partial charge is 0.371 e. The van der Waals surface area contributed by atoms with Crippen molar-refractivity contribution in [3.8, 4) is 0 Å². The van der Waals surface area contributed by atoms with Crippen molar-refractivity contribution < 1.29 is 12.8 Å². The van der Waals surface area contributed by atoms with Gasteiger partial charge in [0.2, 0.25) is 0 Å². The third-order valence-corrected chi connectivity index (χ3v) is 4.11. The first-order valence-electron chi connectivity index (χ1n) is 6.66. The van der Waals surface area contributed by atoms with E-state index in [0.717, 1.165) is 12.1 Å². The molecule has 1 aromatic rings. The Bertz CT molecular complexity index is 546. The van der Waals surface area contributed by atoms with Crippen LogP contribution < -0.4 is 10.2 Å². The fourth-order valence-electron chi connectivity index (χ4n) is 1.95. The molecule has 0 aromatic heterocycles. The highest BCUT2D eigenvalue weighted by Gasteiger charge is 2.13. The number of benzene rings is 1. The molecule has 0 spiro atoms. The van der Waals surface area contributed by atoms with E-state index in [-0.39, 0.29) is 24.2 Å². The fraction of sp³-hybridized carbons (Fsp3) is 0.571. The highest BCUT2D eigenvalue weighted by molar-refractivity contribution is 7.90. The predicted octanol–water partition coefficient (Wildman–Crippen LogP) is 1.98. The predicted molar refractivity (Wildman–Crippen MR) is 81.5 cm³/mol. The molecule has 1 aromatic carbocycles. The van der Waals surface area contributed by atoms with Crippen LogP contribution in [-0.4, -0.2) is 40.6 Å². The normalized spacial score (nSPS) is 13.2. The fourth-order valence-corrected chi connectivity index (χ4v) is 2.55. The van der Waals surface area contributed by atoms with E-state index in [0.29, 0.717) is 5.69 Å². The average Bonchev–Trinajstić information content (AvgIpc) is 2.35. The van der Waals surface area contributed by atoms with Gasteiger partial charge in [0.1, 0.15) is 15.7 Å². The van der Waals surface area contributed by atoms with E-state index in [1.807, 2.05) is 19.9 Å². The average molecular weight is 302 g/mol. The maximum absolute atomic E-state index is 14.1. The number of rotatable bonds is 7. The molecule has 6 heteroatoms. The van der Waals surface area contributed by atoms with Gasteiger partial charge in [0.25, 0.3) is 0 Å². The number of nitrogens with one attached hydrogen (secondary N) is 1. The first-order chi connectivity index (χ1) is 9.24. The van der Waals surface area contributed by atoms with Gasteiger partial charge >= 0.3 is 0 Å². The van der Waals surface area contributed by atoms with E-state index in [2.05, 4.69) is 5.32 Å². The summed E-state index contributed by atoms with van der Waals surface area (Å²) in [5.74, 6) is -0.318. The number of nitrogens with zero attached hydrogens (tertiary/aromatic N) is 1. The topological polar surface area (TPSA) is 49.4 Å². The number of halogens is 1. The summed E-state index contributed by atoms with van der Waals surface area (Å²) in [6.07, 6.45) is 1.18. The maximum Gasteiger partial charge on any atom is 0.149 e. The van der Waals surface area contributed by atoms with Crippen molar-refractivity contribution in [2.75, 3.05) is 37.0 Å². The Morgan fingerprint density at radius 3 is 2.55 bits per heavy atom. The first kappa shape index (κ1) is 16.9. The molecule has 1 rings (SSSR count). The van der Waals surface area contributed by atoms with Gasteiger partial charge < -0.3 is 10.2 Å². The van der Waals surface area contributed by atoms with Crippen LogP contribution in [0.4, 0.5) is 10.1 Å². The molecular weight excluding hydrogens is 279 g/mol. The molecule has 0 heterocycles. The SMILES string of the molecule is CCNC(C)c1ccc(N(C)CCS(C)(=O)=O)c(F)c1. The van der Waals surface area contributed by atoms with Gasteiger partial charge in [-0.1, -0.05) is 13.0 Å². The molecule has 0 saturated carbocycles. The Balaban J connectivity index is 2.82. The van der Waals surface area contributed by atoms with Crippen LogP contribution in [0.15, 0.2) is 18.2 Å². The molecule has 0 saturated heterocycles. The van der Waals surface area contributed by atoms with Crippen molar-refractivity contribution in [3.63, 3.8) is 0 Å². The van der Waals surface area contributed by atoms with Gasteiger partial charge in [0, 0.05) is 25.9 Å². The van der Waals surface area contributed by atoms with Gasteiger partial charge in [-0.15, -0.1) is 0 Å². The Labute approximate surface area is 120 Å². The van der Waals surface area contributed by atoms with Gasteiger partial charge in [0.15, 0.2) is 0 Å². The van der Waals surface area contributed by atoms with Gasteiger partial charge in [-0.25, -0.2) is 12.8 Å². The van der Waals surface area contributed by atoms with Crippen LogP contribution in [0, 0.1) is 5.82 Å². The van der Waals surface area contributed by atoms with Gasteiger partial charge in [-0.3, -0.25) is 0 Å². The zero-order valence-electron chi connectivity index (χ0n) is 12.5. The minimum atomic E-state index is -3.04. The van der Waals surface area contributed by atoms with Crippen molar-refractivity contribution in [3.05, 3.63) is 29.6 Å². The van der Waals surface area contributed by atoms with E-state index in [1.54, 1.807) is 18.0 Å². The minimum absolute atomic E-state index is 0.0124. The molecule has 1 unspecified atom stereocenters. The van der Waals surface area contributed by atoms with Gasteiger partial charge in [0.05, 0.1) is 11.4 Å². The van der Waals surface area contributed by atoms with Crippen LogP contribution in [-0.2, 0) is 9.84 Å². The highest BCUT2D eigenvalue weighted by atomic mass is 32.2. The standard InChI is InChI=1S/C14H23FN2O2S/c1-5-16-11(2)12-6-7-14(13(15)10-12)17(3)8-9-20(4,18)19/h6-7,10-11,16H,5,8-9H2,1-4H3.